The minimum Gasteiger partial charge on any atom is -0.497 e. The van der Waals surface area contributed by atoms with Gasteiger partial charge in [-0.1, -0.05) is 18.2 Å². The number of benzene rings is 2. The van der Waals surface area contributed by atoms with Crippen LogP contribution in [0.5, 0.6) is 5.75 Å². The van der Waals surface area contributed by atoms with Crippen molar-refractivity contribution in [2.75, 3.05) is 7.11 Å². The van der Waals surface area contributed by atoms with Crippen LogP contribution in [0.25, 0.3) is 16.8 Å². The van der Waals surface area contributed by atoms with Crippen LogP contribution in [0.15, 0.2) is 42.0 Å². The highest BCUT2D eigenvalue weighted by Gasteiger charge is 2.10. The summed E-state index contributed by atoms with van der Waals surface area (Å²) in [5.41, 5.74) is 0.912. The predicted octanol–water partition coefficient (Wildman–Crippen LogP) is 3.28. The van der Waals surface area contributed by atoms with E-state index in [4.69, 9.17) is 10.00 Å². The number of nitrogens with zero attached hydrogens (tertiary/aromatic N) is 1. The van der Waals surface area contributed by atoms with Gasteiger partial charge in [0.25, 0.3) is 5.91 Å². The van der Waals surface area contributed by atoms with E-state index in [0.717, 1.165) is 22.1 Å². The molecule has 22 heavy (non-hydrogen) atoms. The fourth-order valence-corrected chi connectivity index (χ4v) is 2.11. The molecule has 0 heterocycles. The maximum atomic E-state index is 11.9. The Labute approximate surface area is 130 Å². The zero-order valence-electron chi connectivity index (χ0n) is 12.9. The summed E-state index contributed by atoms with van der Waals surface area (Å²) < 4.78 is 5.19. The molecule has 1 amide bonds. The number of hydrogen-bond donors (Lipinski definition) is 1. The molecule has 1 N–H and O–H groups in total. The Morgan fingerprint density at radius 2 is 1.91 bits per heavy atom. The summed E-state index contributed by atoms with van der Waals surface area (Å²) in [5.74, 6) is 0.442. The summed E-state index contributed by atoms with van der Waals surface area (Å²) in [6.45, 7) is 3.71. The van der Waals surface area contributed by atoms with E-state index in [-0.39, 0.29) is 17.5 Å². The fraction of sp³-hybridized carbons (Fsp3) is 0.222. The molecule has 2 aromatic rings. The number of fused-ring (bicyclic) bond motifs is 1. The smallest absolute Gasteiger partial charge is 0.262 e. The number of nitrogens with one attached hydrogen (secondary N) is 1. The van der Waals surface area contributed by atoms with Crippen molar-refractivity contribution in [3.05, 3.63) is 47.5 Å². The van der Waals surface area contributed by atoms with Gasteiger partial charge in [-0.2, -0.15) is 5.26 Å². The molecule has 2 rings (SSSR count). The lowest BCUT2D eigenvalue weighted by molar-refractivity contribution is -0.117. The van der Waals surface area contributed by atoms with Gasteiger partial charge in [-0.15, -0.1) is 0 Å². The van der Waals surface area contributed by atoms with E-state index in [2.05, 4.69) is 5.32 Å². The van der Waals surface area contributed by atoms with Gasteiger partial charge in [0, 0.05) is 6.04 Å². The van der Waals surface area contributed by atoms with E-state index in [1.165, 1.54) is 0 Å². The lowest BCUT2D eigenvalue weighted by Gasteiger charge is -2.07. The van der Waals surface area contributed by atoms with Crippen LogP contribution in [0.1, 0.15) is 19.4 Å². The molecule has 0 fully saturated rings. The van der Waals surface area contributed by atoms with E-state index >= 15 is 0 Å². The molecule has 0 bridgehead atoms. The van der Waals surface area contributed by atoms with Crippen molar-refractivity contribution in [1.29, 1.82) is 5.26 Å². The second-order valence-electron chi connectivity index (χ2n) is 5.27. The van der Waals surface area contributed by atoms with Crippen LogP contribution in [0.4, 0.5) is 0 Å². The summed E-state index contributed by atoms with van der Waals surface area (Å²) in [6, 6.07) is 13.5. The first-order valence-corrected chi connectivity index (χ1v) is 7.04. The molecule has 0 radical (unpaired) electrons. The van der Waals surface area contributed by atoms with E-state index in [1.54, 1.807) is 13.2 Å². The van der Waals surface area contributed by atoms with Crippen molar-refractivity contribution in [2.24, 2.45) is 0 Å². The normalized spacial score (nSPS) is 11.3. The Hall–Kier alpha value is -2.80. The van der Waals surface area contributed by atoms with E-state index < -0.39 is 0 Å². The Bertz CT molecular complexity index is 770. The van der Waals surface area contributed by atoms with Crippen LogP contribution >= 0.6 is 0 Å². The minimum atomic E-state index is -0.354. The average molecular weight is 294 g/mol. The van der Waals surface area contributed by atoms with Gasteiger partial charge in [0.15, 0.2) is 0 Å². The topological polar surface area (TPSA) is 62.1 Å². The van der Waals surface area contributed by atoms with Gasteiger partial charge in [-0.05, 0) is 54.5 Å². The molecule has 4 heteroatoms. The first-order chi connectivity index (χ1) is 10.5. The summed E-state index contributed by atoms with van der Waals surface area (Å²) in [5, 5.41) is 13.9. The second kappa shape index (κ2) is 6.77. The molecule has 0 atom stereocenters. The Morgan fingerprint density at radius 1 is 1.23 bits per heavy atom. The molecule has 0 aliphatic carbocycles. The standard InChI is InChI=1S/C18H18N2O2/c1-12(2)20-18(21)16(11-19)9-13-4-5-15-10-17(22-3)7-6-14(15)8-13/h4-10,12H,1-3H3,(H,20,21)/b16-9+. The highest BCUT2D eigenvalue weighted by atomic mass is 16.5. The van der Waals surface area contributed by atoms with Crippen LogP contribution in [0.3, 0.4) is 0 Å². The number of hydrogen-bond acceptors (Lipinski definition) is 3. The third kappa shape index (κ3) is 3.64. The van der Waals surface area contributed by atoms with Gasteiger partial charge >= 0.3 is 0 Å². The van der Waals surface area contributed by atoms with Crippen LogP contribution in [-0.4, -0.2) is 19.1 Å². The van der Waals surface area contributed by atoms with Crippen LogP contribution in [0.2, 0.25) is 0 Å². The lowest BCUT2D eigenvalue weighted by Crippen LogP contribution is -2.30. The van der Waals surface area contributed by atoms with E-state index in [9.17, 15) is 4.79 Å². The Morgan fingerprint density at radius 3 is 2.55 bits per heavy atom. The molecule has 0 saturated heterocycles. The van der Waals surface area contributed by atoms with E-state index in [0.29, 0.717) is 0 Å². The molecule has 4 nitrogen and oxygen atoms in total. The van der Waals surface area contributed by atoms with E-state index in [1.807, 2.05) is 56.3 Å². The maximum Gasteiger partial charge on any atom is 0.262 e. The zero-order chi connectivity index (χ0) is 16.1. The van der Waals surface area contributed by atoms with Gasteiger partial charge in [0.05, 0.1) is 7.11 Å². The lowest BCUT2D eigenvalue weighted by atomic mass is 10.0. The maximum absolute atomic E-state index is 11.9. The molecular formula is C18H18N2O2. The zero-order valence-corrected chi connectivity index (χ0v) is 12.9. The summed E-state index contributed by atoms with van der Waals surface area (Å²) in [4.78, 5) is 11.9. The van der Waals surface area contributed by atoms with Crippen LogP contribution in [-0.2, 0) is 4.79 Å². The SMILES string of the molecule is COc1ccc2cc(/C=C(\C#N)C(=O)NC(C)C)ccc2c1. The first-order valence-electron chi connectivity index (χ1n) is 7.04. The molecule has 0 saturated carbocycles. The van der Waals surface area contributed by atoms with Crippen molar-refractivity contribution in [3.8, 4) is 11.8 Å². The number of amides is 1. The summed E-state index contributed by atoms with van der Waals surface area (Å²) in [7, 11) is 1.63. The molecule has 0 aromatic heterocycles. The largest absolute Gasteiger partial charge is 0.497 e. The molecule has 112 valence electrons. The minimum absolute atomic E-state index is 0.00619. The van der Waals surface area contributed by atoms with Gasteiger partial charge in [0.2, 0.25) is 0 Å². The second-order valence-corrected chi connectivity index (χ2v) is 5.27. The molecular weight excluding hydrogens is 276 g/mol. The van der Waals surface area contributed by atoms with Gasteiger partial charge in [-0.25, -0.2) is 0 Å². The summed E-state index contributed by atoms with van der Waals surface area (Å²) in [6.07, 6.45) is 1.60. The third-order valence-electron chi connectivity index (χ3n) is 3.17. The van der Waals surface area contributed by atoms with Gasteiger partial charge in [0.1, 0.15) is 17.4 Å². The van der Waals surface area contributed by atoms with Gasteiger partial charge < -0.3 is 10.1 Å². The number of ether oxygens (including phenoxy) is 1. The Balaban J connectivity index is 2.35. The molecule has 0 spiro atoms. The highest BCUT2D eigenvalue weighted by Crippen LogP contribution is 2.22. The quantitative estimate of drug-likeness (QED) is 0.695. The van der Waals surface area contributed by atoms with Crippen molar-refractivity contribution in [1.82, 2.24) is 5.32 Å². The molecule has 2 aromatic carbocycles. The van der Waals surface area contributed by atoms with Crippen LogP contribution < -0.4 is 10.1 Å². The van der Waals surface area contributed by atoms with Crippen molar-refractivity contribution in [3.63, 3.8) is 0 Å². The van der Waals surface area contributed by atoms with Crippen molar-refractivity contribution >= 4 is 22.8 Å². The Kier molecular flexibility index (Phi) is 4.80. The molecule has 0 aliphatic rings. The monoisotopic (exact) mass is 294 g/mol. The predicted molar refractivity (Wildman–Crippen MR) is 87.4 cm³/mol. The summed E-state index contributed by atoms with van der Waals surface area (Å²) >= 11 is 0. The fourth-order valence-electron chi connectivity index (χ4n) is 2.11. The number of methoxy groups -OCH3 is 1. The first kappa shape index (κ1) is 15.6. The highest BCUT2D eigenvalue weighted by molar-refractivity contribution is 6.02. The third-order valence-corrected chi connectivity index (χ3v) is 3.17. The number of rotatable bonds is 4. The van der Waals surface area contributed by atoms with Gasteiger partial charge in [-0.3, -0.25) is 4.79 Å². The average Bonchev–Trinajstić information content (AvgIpc) is 2.51. The number of carbonyl (C=O) groups excluding carboxylic acids is 1. The number of carbonyl (C=O) groups is 1. The molecule has 0 unspecified atom stereocenters. The number of nitriles is 1. The van der Waals surface area contributed by atoms with Crippen molar-refractivity contribution < 1.29 is 9.53 Å². The van der Waals surface area contributed by atoms with Crippen LogP contribution in [0, 0.1) is 11.3 Å². The van der Waals surface area contributed by atoms with Crippen molar-refractivity contribution in [2.45, 2.75) is 19.9 Å². The molecule has 0 aliphatic heterocycles.